The lowest BCUT2D eigenvalue weighted by Crippen LogP contribution is -2.17. The van der Waals surface area contributed by atoms with E-state index in [0.29, 0.717) is 0 Å². The normalized spacial score (nSPS) is 12.2. The van der Waals surface area contributed by atoms with Crippen molar-refractivity contribution in [3.63, 3.8) is 0 Å². The van der Waals surface area contributed by atoms with Crippen LogP contribution in [-0.2, 0) is 0 Å². The molecule has 1 aromatic heterocycles. The van der Waals surface area contributed by atoms with E-state index in [-0.39, 0.29) is 22.6 Å². The third-order valence-corrected chi connectivity index (χ3v) is 3.76. The first kappa shape index (κ1) is 22.0. The molecule has 0 N–H and O–H groups in total. The van der Waals surface area contributed by atoms with Crippen LogP contribution in [0.15, 0.2) is 71.2 Å². The fourth-order valence-corrected chi connectivity index (χ4v) is 2.57. The Labute approximate surface area is 171 Å². The van der Waals surface area contributed by atoms with Crippen molar-refractivity contribution in [3.05, 3.63) is 78.1 Å². The monoisotopic (exact) mass is 442 g/mol. The zero-order valence-electron chi connectivity index (χ0n) is 15.3. The van der Waals surface area contributed by atoms with E-state index in [9.17, 15) is 31.1 Å². The molecule has 0 aliphatic heterocycles. The zero-order chi connectivity index (χ0) is 22.6. The van der Waals surface area contributed by atoms with Gasteiger partial charge in [-0.15, -0.1) is 26.3 Å². The molecule has 3 aromatic rings. The molecule has 0 amide bonds. The van der Waals surface area contributed by atoms with Gasteiger partial charge in [-0.2, -0.15) is 0 Å². The number of carbonyl (C=O) groups excluding carboxylic acids is 1. The minimum Gasteiger partial charge on any atom is -0.457 e. The zero-order valence-corrected chi connectivity index (χ0v) is 15.3. The summed E-state index contributed by atoms with van der Waals surface area (Å²) < 4.78 is 87.8. The number of carbonyl (C=O) groups is 1. The van der Waals surface area contributed by atoms with Crippen LogP contribution in [0.1, 0.15) is 16.1 Å². The van der Waals surface area contributed by atoms with Crippen LogP contribution >= 0.6 is 0 Å². The van der Waals surface area contributed by atoms with Crippen LogP contribution in [0.5, 0.6) is 11.5 Å². The quantitative estimate of drug-likeness (QED) is 0.244. The molecule has 4 nitrogen and oxygen atoms in total. The lowest BCUT2D eigenvalue weighted by Gasteiger charge is -2.11. The van der Waals surface area contributed by atoms with Crippen LogP contribution in [0.3, 0.4) is 0 Å². The molecule has 31 heavy (non-hydrogen) atoms. The van der Waals surface area contributed by atoms with Crippen LogP contribution in [0.25, 0.3) is 17.4 Å². The Morgan fingerprint density at radius 1 is 0.839 bits per heavy atom. The van der Waals surface area contributed by atoms with Crippen molar-refractivity contribution in [1.29, 1.82) is 0 Å². The number of ketones is 1. The Bertz CT molecular complexity index is 1100. The molecule has 0 aliphatic rings. The number of para-hydroxylation sites is 1. The summed E-state index contributed by atoms with van der Waals surface area (Å²) in [6, 6.07) is 12.7. The van der Waals surface area contributed by atoms with Gasteiger partial charge in [0.05, 0.1) is 5.56 Å². The third-order valence-electron chi connectivity index (χ3n) is 3.76. The summed E-state index contributed by atoms with van der Waals surface area (Å²) in [6.07, 6.45) is -7.50. The second-order valence-electron chi connectivity index (χ2n) is 6.02. The molecule has 3 rings (SSSR count). The Hall–Kier alpha value is -3.69. The molecule has 0 fully saturated rings. The molecule has 0 bridgehead atoms. The van der Waals surface area contributed by atoms with E-state index >= 15 is 0 Å². The second kappa shape index (κ2) is 8.58. The molecule has 0 saturated heterocycles. The van der Waals surface area contributed by atoms with Gasteiger partial charge in [0.1, 0.15) is 23.0 Å². The largest absolute Gasteiger partial charge is 0.573 e. The van der Waals surface area contributed by atoms with Crippen molar-refractivity contribution in [2.45, 2.75) is 12.7 Å². The van der Waals surface area contributed by atoms with Crippen molar-refractivity contribution in [2.24, 2.45) is 0 Å². The van der Waals surface area contributed by atoms with Crippen molar-refractivity contribution < 1.29 is 45.0 Å². The fraction of sp³-hybridized carbons (Fsp3) is 0.0952. The Kier molecular flexibility index (Phi) is 6.09. The Morgan fingerprint density at radius 3 is 2.26 bits per heavy atom. The summed E-state index contributed by atoms with van der Waals surface area (Å²) in [5.74, 6) is -1.45. The highest BCUT2D eigenvalue weighted by Crippen LogP contribution is 2.34. The molecule has 0 unspecified atom stereocenters. The van der Waals surface area contributed by atoms with Crippen LogP contribution in [0.2, 0.25) is 0 Å². The highest BCUT2D eigenvalue weighted by molar-refractivity contribution is 6.06. The van der Waals surface area contributed by atoms with Gasteiger partial charge in [-0.05, 0) is 48.6 Å². The molecule has 1 heterocycles. The summed E-state index contributed by atoms with van der Waals surface area (Å²) in [7, 11) is 0. The van der Waals surface area contributed by atoms with Gasteiger partial charge in [-0.3, -0.25) is 4.79 Å². The number of ether oxygens (including phenoxy) is 2. The number of alkyl halides is 6. The first-order valence-corrected chi connectivity index (χ1v) is 8.53. The van der Waals surface area contributed by atoms with Gasteiger partial charge < -0.3 is 13.9 Å². The van der Waals surface area contributed by atoms with E-state index in [0.717, 1.165) is 24.3 Å². The van der Waals surface area contributed by atoms with Gasteiger partial charge in [-0.1, -0.05) is 24.3 Å². The predicted molar refractivity (Wildman–Crippen MR) is 97.3 cm³/mol. The smallest absolute Gasteiger partial charge is 0.457 e. The van der Waals surface area contributed by atoms with E-state index in [1.165, 1.54) is 48.5 Å². The summed E-state index contributed by atoms with van der Waals surface area (Å²) in [4.78, 5) is 12.2. The van der Waals surface area contributed by atoms with Crippen molar-refractivity contribution in [2.75, 3.05) is 0 Å². The van der Waals surface area contributed by atoms with E-state index in [1.54, 1.807) is 0 Å². The number of rotatable bonds is 6. The lowest BCUT2D eigenvalue weighted by molar-refractivity contribution is -0.275. The second-order valence-corrected chi connectivity index (χ2v) is 6.02. The minimum atomic E-state index is -4.89. The number of furan rings is 1. The fourth-order valence-electron chi connectivity index (χ4n) is 2.57. The summed E-state index contributed by atoms with van der Waals surface area (Å²) in [5, 5.41) is 0. The van der Waals surface area contributed by atoms with Gasteiger partial charge >= 0.3 is 12.7 Å². The van der Waals surface area contributed by atoms with E-state index in [2.05, 4.69) is 9.47 Å². The van der Waals surface area contributed by atoms with Crippen LogP contribution in [0.4, 0.5) is 26.3 Å². The van der Waals surface area contributed by atoms with Crippen molar-refractivity contribution in [3.8, 4) is 22.8 Å². The van der Waals surface area contributed by atoms with Gasteiger partial charge in [0.15, 0.2) is 5.78 Å². The predicted octanol–water partition coefficient (Wildman–Crippen LogP) is 6.64. The van der Waals surface area contributed by atoms with Gasteiger partial charge in [0.2, 0.25) is 0 Å². The number of halogens is 6. The average molecular weight is 442 g/mol. The van der Waals surface area contributed by atoms with E-state index < -0.39 is 30.0 Å². The molecule has 0 radical (unpaired) electrons. The molecule has 0 atom stereocenters. The molecule has 162 valence electrons. The number of hydrogen-bond acceptors (Lipinski definition) is 4. The maximum atomic E-state index is 12.6. The SMILES string of the molecule is O=C(/C=C/c1ccc(-c2ccccc2OC(F)(F)F)o1)c1cccc(OC(F)(F)F)c1. The third kappa shape index (κ3) is 6.39. The van der Waals surface area contributed by atoms with Crippen molar-refractivity contribution >= 4 is 11.9 Å². The molecular weight excluding hydrogens is 430 g/mol. The topological polar surface area (TPSA) is 48.7 Å². The van der Waals surface area contributed by atoms with E-state index in [4.69, 9.17) is 4.42 Å². The molecular formula is C21H12F6O4. The standard InChI is InChI=1S/C21H12F6O4/c22-20(23,24)30-15-5-3-4-13(12-15)17(28)10-8-14-9-11-18(29-14)16-6-1-2-7-19(16)31-21(25,26)27/h1-12H/b10-8+. The maximum absolute atomic E-state index is 12.6. The highest BCUT2D eigenvalue weighted by Gasteiger charge is 2.32. The van der Waals surface area contributed by atoms with Gasteiger partial charge in [0.25, 0.3) is 0 Å². The molecule has 0 aliphatic carbocycles. The maximum Gasteiger partial charge on any atom is 0.573 e. The molecule has 10 heteroatoms. The van der Waals surface area contributed by atoms with Gasteiger partial charge in [-0.25, -0.2) is 0 Å². The van der Waals surface area contributed by atoms with Crippen LogP contribution in [0, 0.1) is 0 Å². The number of benzene rings is 2. The highest BCUT2D eigenvalue weighted by atomic mass is 19.4. The van der Waals surface area contributed by atoms with E-state index in [1.807, 2.05) is 0 Å². The van der Waals surface area contributed by atoms with Gasteiger partial charge in [0, 0.05) is 5.56 Å². The average Bonchev–Trinajstić information content (AvgIpc) is 3.13. The Balaban J connectivity index is 1.76. The first-order valence-electron chi connectivity index (χ1n) is 8.53. The number of allylic oxidation sites excluding steroid dienone is 1. The van der Waals surface area contributed by atoms with Crippen LogP contribution in [-0.4, -0.2) is 18.5 Å². The summed E-state index contributed by atoms with van der Waals surface area (Å²) in [6.45, 7) is 0. The lowest BCUT2D eigenvalue weighted by atomic mass is 10.1. The summed E-state index contributed by atoms with van der Waals surface area (Å²) in [5.41, 5.74) is -0.0171. The minimum absolute atomic E-state index is 0.0443. The summed E-state index contributed by atoms with van der Waals surface area (Å²) >= 11 is 0. The first-order chi connectivity index (χ1) is 14.5. The number of hydrogen-bond donors (Lipinski definition) is 0. The molecule has 0 saturated carbocycles. The Morgan fingerprint density at radius 2 is 1.55 bits per heavy atom. The molecule has 0 spiro atoms. The molecule has 2 aromatic carbocycles. The van der Waals surface area contributed by atoms with Crippen molar-refractivity contribution in [1.82, 2.24) is 0 Å². The van der Waals surface area contributed by atoms with Crippen LogP contribution < -0.4 is 9.47 Å².